The summed E-state index contributed by atoms with van der Waals surface area (Å²) >= 11 is 1.22. The zero-order chi connectivity index (χ0) is 20.6. The fourth-order valence-corrected chi connectivity index (χ4v) is 3.27. The number of rotatable bonds is 9. The van der Waals surface area contributed by atoms with Gasteiger partial charge in [0.05, 0.1) is 18.9 Å². The maximum absolute atomic E-state index is 12.2. The lowest BCUT2D eigenvalue weighted by Gasteiger charge is -2.13. The third-order valence-corrected chi connectivity index (χ3v) is 5.10. The largest absolute Gasteiger partial charge is 0.497 e. The van der Waals surface area contributed by atoms with E-state index in [0.717, 1.165) is 5.56 Å². The fraction of sp³-hybridized carbons (Fsp3) is 0.250. The van der Waals surface area contributed by atoms with Crippen molar-refractivity contribution in [3.8, 4) is 11.5 Å². The molecule has 0 bridgehead atoms. The molecule has 0 spiro atoms. The Hall–Kier alpha value is -3.20. The van der Waals surface area contributed by atoms with Crippen molar-refractivity contribution >= 4 is 17.7 Å². The van der Waals surface area contributed by atoms with Crippen molar-refractivity contribution in [2.75, 3.05) is 18.7 Å². The molecule has 152 valence electrons. The number of ether oxygens (including phenoxy) is 2. The van der Waals surface area contributed by atoms with Crippen LogP contribution in [-0.2, 0) is 11.4 Å². The third kappa shape index (κ3) is 5.64. The number of methoxy groups -OCH3 is 1. The maximum Gasteiger partial charge on any atom is 0.230 e. The van der Waals surface area contributed by atoms with Crippen LogP contribution in [0.2, 0.25) is 0 Å². The van der Waals surface area contributed by atoms with E-state index in [1.165, 1.54) is 16.4 Å². The Morgan fingerprint density at radius 1 is 1.17 bits per heavy atom. The highest BCUT2D eigenvalue weighted by atomic mass is 32.2. The molecule has 0 aliphatic heterocycles. The second-order valence-electron chi connectivity index (χ2n) is 6.23. The number of thioether (sulfide) groups is 1. The number of hydrogen-bond donors (Lipinski definition) is 2. The summed E-state index contributed by atoms with van der Waals surface area (Å²) in [5.41, 5.74) is 1.05. The van der Waals surface area contributed by atoms with E-state index in [1.807, 2.05) is 55.5 Å². The quantitative estimate of drug-likeness (QED) is 0.410. The average Bonchev–Trinajstić information content (AvgIpc) is 3.11. The van der Waals surface area contributed by atoms with E-state index in [4.69, 9.17) is 15.3 Å². The molecule has 0 unspecified atom stereocenters. The first-order valence-electron chi connectivity index (χ1n) is 9.00. The third-order valence-electron chi connectivity index (χ3n) is 4.15. The zero-order valence-corrected chi connectivity index (χ0v) is 17.1. The van der Waals surface area contributed by atoms with E-state index in [9.17, 15) is 4.79 Å². The van der Waals surface area contributed by atoms with E-state index >= 15 is 0 Å². The molecular formula is C20H23N5O3S. The fourth-order valence-electron chi connectivity index (χ4n) is 2.58. The summed E-state index contributed by atoms with van der Waals surface area (Å²) in [7, 11) is 1.59. The van der Waals surface area contributed by atoms with Crippen molar-refractivity contribution in [3.05, 3.63) is 66.0 Å². The summed E-state index contributed by atoms with van der Waals surface area (Å²) in [6, 6.07) is 16.9. The highest BCUT2D eigenvalue weighted by Crippen LogP contribution is 2.21. The van der Waals surface area contributed by atoms with Crippen LogP contribution in [0, 0.1) is 0 Å². The maximum atomic E-state index is 12.2. The Morgan fingerprint density at radius 3 is 2.69 bits per heavy atom. The topological polar surface area (TPSA) is 104 Å². The van der Waals surface area contributed by atoms with Gasteiger partial charge in [-0.15, -0.1) is 10.2 Å². The van der Waals surface area contributed by atoms with E-state index < -0.39 is 0 Å². The SMILES string of the molecule is COc1cccc(OCc2nnc(SCC(=O)N[C@@H](C)c3ccccc3)n2N)c1. The van der Waals surface area contributed by atoms with Crippen LogP contribution in [0.3, 0.4) is 0 Å². The van der Waals surface area contributed by atoms with Crippen LogP contribution >= 0.6 is 11.8 Å². The van der Waals surface area contributed by atoms with Crippen LogP contribution in [0.1, 0.15) is 24.4 Å². The van der Waals surface area contributed by atoms with Crippen molar-refractivity contribution in [3.63, 3.8) is 0 Å². The number of benzene rings is 2. The first-order chi connectivity index (χ1) is 14.1. The Morgan fingerprint density at radius 2 is 1.93 bits per heavy atom. The molecule has 29 heavy (non-hydrogen) atoms. The smallest absolute Gasteiger partial charge is 0.230 e. The minimum atomic E-state index is -0.108. The zero-order valence-electron chi connectivity index (χ0n) is 16.2. The van der Waals surface area contributed by atoms with Crippen molar-refractivity contribution in [2.24, 2.45) is 0 Å². The van der Waals surface area contributed by atoms with Crippen LogP contribution in [0.15, 0.2) is 59.8 Å². The Labute approximate surface area is 173 Å². The van der Waals surface area contributed by atoms with Gasteiger partial charge in [0.15, 0.2) is 5.82 Å². The van der Waals surface area contributed by atoms with Gasteiger partial charge in [0.25, 0.3) is 0 Å². The van der Waals surface area contributed by atoms with E-state index in [-0.39, 0.29) is 24.3 Å². The second-order valence-corrected chi connectivity index (χ2v) is 7.17. The summed E-state index contributed by atoms with van der Waals surface area (Å²) in [6.07, 6.45) is 0. The van der Waals surface area contributed by atoms with Crippen LogP contribution in [0.25, 0.3) is 0 Å². The minimum absolute atomic E-state index is 0.0770. The lowest BCUT2D eigenvalue weighted by atomic mass is 10.1. The Balaban J connectivity index is 1.50. The van der Waals surface area contributed by atoms with Crippen molar-refractivity contribution in [1.29, 1.82) is 0 Å². The highest BCUT2D eigenvalue weighted by molar-refractivity contribution is 7.99. The normalized spacial score (nSPS) is 11.7. The van der Waals surface area contributed by atoms with Crippen molar-refractivity contribution in [1.82, 2.24) is 20.2 Å². The number of aromatic nitrogens is 3. The molecule has 0 fully saturated rings. The summed E-state index contributed by atoms with van der Waals surface area (Å²) < 4.78 is 12.2. The van der Waals surface area contributed by atoms with Gasteiger partial charge in [0.1, 0.15) is 18.1 Å². The van der Waals surface area contributed by atoms with Gasteiger partial charge in [-0.05, 0) is 24.6 Å². The number of nitrogens with one attached hydrogen (secondary N) is 1. The molecule has 0 aliphatic rings. The lowest BCUT2D eigenvalue weighted by molar-refractivity contribution is -0.119. The molecule has 0 radical (unpaired) electrons. The number of carbonyl (C=O) groups is 1. The van der Waals surface area contributed by atoms with Crippen molar-refractivity contribution in [2.45, 2.75) is 24.7 Å². The molecule has 0 saturated heterocycles. The molecule has 3 N–H and O–H groups in total. The predicted molar refractivity (Wildman–Crippen MR) is 111 cm³/mol. The first kappa shape index (κ1) is 20.5. The summed E-state index contributed by atoms with van der Waals surface area (Å²) in [5, 5.41) is 11.5. The molecule has 0 aliphatic carbocycles. The molecule has 3 rings (SSSR count). The summed E-state index contributed by atoms with van der Waals surface area (Å²) in [4.78, 5) is 12.2. The lowest BCUT2D eigenvalue weighted by Crippen LogP contribution is -2.28. The number of hydrogen-bond acceptors (Lipinski definition) is 7. The number of nitrogen functional groups attached to an aromatic ring is 1. The van der Waals surface area contributed by atoms with Gasteiger partial charge in [0, 0.05) is 6.07 Å². The average molecular weight is 414 g/mol. The van der Waals surface area contributed by atoms with Crippen molar-refractivity contribution < 1.29 is 14.3 Å². The molecule has 3 aromatic rings. The van der Waals surface area contributed by atoms with Gasteiger partial charge in [0.2, 0.25) is 11.1 Å². The van der Waals surface area contributed by atoms with E-state index in [2.05, 4.69) is 15.5 Å². The highest BCUT2D eigenvalue weighted by Gasteiger charge is 2.14. The molecule has 1 atom stereocenters. The number of nitrogens with zero attached hydrogens (tertiary/aromatic N) is 3. The summed E-state index contributed by atoms with van der Waals surface area (Å²) in [5.74, 6) is 7.90. The molecule has 1 amide bonds. The number of amides is 1. The van der Waals surface area contributed by atoms with Gasteiger partial charge in [-0.3, -0.25) is 4.79 Å². The second kappa shape index (κ2) is 9.83. The Bertz CT molecular complexity index is 948. The molecule has 8 nitrogen and oxygen atoms in total. The van der Waals surface area contributed by atoms with E-state index in [1.54, 1.807) is 13.2 Å². The van der Waals surface area contributed by atoms with Gasteiger partial charge < -0.3 is 20.6 Å². The number of carbonyl (C=O) groups excluding carboxylic acids is 1. The van der Waals surface area contributed by atoms with Crippen LogP contribution < -0.4 is 20.6 Å². The molecule has 1 heterocycles. The first-order valence-corrected chi connectivity index (χ1v) is 9.98. The monoisotopic (exact) mass is 413 g/mol. The van der Waals surface area contributed by atoms with Gasteiger partial charge in [-0.2, -0.15) is 0 Å². The Kier molecular flexibility index (Phi) is 6.96. The van der Waals surface area contributed by atoms with Gasteiger partial charge >= 0.3 is 0 Å². The van der Waals surface area contributed by atoms with Crippen LogP contribution in [-0.4, -0.2) is 33.6 Å². The molecule has 0 saturated carbocycles. The van der Waals surface area contributed by atoms with Crippen LogP contribution in [0.4, 0.5) is 0 Å². The van der Waals surface area contributed by atoms with Gasteiger partial charge in [-0.1, -0.05) is 48.2 Å². The van der Waals surface area contributed by atoms with Crippen LogP contribution in [0.5, 0.6) is 11.5 Å². The molecule has 1 aromatic heterocycles. The standard InChI is InChI=1S/C20H23N5O3S/c1-14(15-7-4-3-5-8-15)22-19(26)13-29-20-24-23-18(25(20)21)12-28-17-10-6-9-16(11-17)27-2/h3-11,14H,12-13,21H2,1-2H3,(H,22,26)/t14-/m0/s1. The summed E-state index contributed by atoms with van der Waals surface area (Å²) in [6.45, 7) is 2.09. The molecule has 2 aromatic carbocycles. The van der Waals surface area contributed by atoms with E-state index in [0.29, 0.717) is 22.5 Å². The predicted octanol–water partition coefficient (Wildman–Crippen LogP) is 2.55. The molecule has 9 heteroatoms. The minimum Gasteiger partial charge on any atom is -0.497 e. The number of nitrogens with two attached hydrogens (primary N) is 1. The van der Waals surface area contributed by atoms with Gasteiger partial charge in [-0.25, -0.2) is 4.68 Å². The molecular weight excluding hydrogens is 390 g/mol.